The molecule has 0 aliphatic heterocycles. The van der Waals surface area contributed by atoms with Crippen LogP contribution in [-0.2, 0) is 13.0 Å². The van der Waals surface area contributed by atoms with Gasteiger partial charge in [-0.1, -0.05) is 72.8 Å². The first-order chi connectivity index (χ1) is 13.8. The Bertz CT molecular complexity index is 996. The van der Waals surface area contributed by atoms with E-state index in [2.05, 4.69) is 10.2 Å². The van der Waals surface area contributed by atoms with E-state index in [0.29, 0.717) is 13.0 Å². The van der Waals surface area contributed by atoms with Crippen molar-refractivity contribution >= 4 is 0 Å². The predicted octanol–water partition coefficient (Wildman–Crippen LogP) is 4.93. The molecule has 4 heteroatoms. The standard InChI is InChI=1S/C24H22N2O2/c27-23(22-16-25-26-24(22)20-9-5-2-6-10-20)15-18-11-13-21(14-12-18)28-17-19-7-3-1-4-8-19/h1-14,16,23,27H,15,17H2,(H,25,26). The number of aliphatic hydroxyl groups excluding tert-OH is 1. The first-order valence-corrected chi connectivity index (χ1v) is 9.32. The molecular formula is C24H22N2O2. The zero-order valence-corrected chi connectivity index (χ0v) is 15.5. The van der Waals surface area contributed by atoms with E-state index < -0.39 is 6.10 Å². The number of aromatic amines is 1. The van der Waals surface area contributed by atoms with Crippen LogP contribution in [0.2, 0.25) is 0 Å². The lowest BCUT2D eigenvalue weighted by molar-refractivity contribution is 0.179. The van der Waals surface area contributed by atoms with Crippen molar-refractivity contribution in [3.63, 3.8) is 0 Å². The SMILES string of the molecule is OC(Cc1ccc(OCc2ccccc2)cc1)c1cn[nH]c1-c1ccccc1. The molecule has 0 fully saturated rings. The minimum absolute atomic E-state index is 0.512. The van der Waals surface area contributed by atoms with Gasteiger partial charge in [0.2, 0.25) is 0 Å². The maximum absolute atomic E-state index is 10.7. The molecule has 1 aromatic heterocycles. The number of aromatic nitrogens is 2. The van der Waals surface area contributed by atoms with Crippen LogP contribution in [0, 0.1) is 0 Å². The second-order valence-corrected chi connectivity index (χ2v) is 6.70. The van der Waals surface area contributed by atoms with E-state index in [9.17, 15) is 5.11 Å². The summed E-state index contributed by atoms with van der Waals surface area (Å²) in [7, 11) is 0. The predicted molar refractivity (Wildman–Crippen MR) is 110 cm³/mol. The van der Waals surface area contributed by atoms with Crippen LogP contribution in [0.4, 0.5) is 0 Å². The number of rotatable bonds is 7. The van der Waals surface area contributed by atoms with Crippen molar-refractivity contribution in [2.24, 2.45) is 0 Å². The summed E-state index contributed by atoms with van der Waals surface area (Å²) in [5, 5.41) is 17.9. The molecule has 28 heavy (non-hydrogen) atoms. The quantitative estimate of drug-likeness (QED) is 0.485. The molecule has 0 aliphatic carbocycles. The van der Waals surface area contributed by atoms with Crippen molar-refractivity contribution in [3.8, 4) is 17.0 Å². The van der Waals surface area contributed by atoms with Crippen molar-refractivity contribution in [1.29, 1.82) is 0 Å². The largest absolute Gasteiger partial charge is 0.489 e. The van der Waals surface area contributed by atoms with E-state index in [1.54, 1.807) is 6.20 Å². The van der Waals surface area contributed by atoms with Gasteiger partial charge in [0, 0.05) is 12.0 Å². The Kier molecular flexibility index (Phi) is 5.50. The topological polar surface area (TPSA) is 58.1 Å². The minimum Gasteiger partial charge on any atom is -0.489 e. The Balaban J connectivity index is 1.40. The van der Waals surface area contributed by atoms with E-state index in [-0.39, 0.29) is 0 Å². The van der Waals surface area contributed by atoms with Gasteiger partial charge >= 0.3 is 0 Å². The highest BCUT2D eigenvalue weighted by Crippen LogP contribution is 2.28. The first-order valence-electron chi connectivity index (χ1n) is 9.32. The lowest BCUT2D eigenvalue weighted by Gasteiger charge is -2.12. The van der Waals surface area contributed by atoms with Gasteiger partial charge in [-0.3, -0.25) is 5.10 Å². The average molecular weight is 370 g/mol. The van der Waals surface area contributed by atoms with Crippen LogP contribution >= 0.6 is 0 Å². The van der Waals surface area contributed by atoms with Gasteiger partial charge in [0.15, 0.2) is 0 Å². The molecule has 4 aromatic rings. The zero-order valence-electron chi connectivity index (χ0n) is 15.5. The Labute approximate surface area is 164 Å². The average Bonchev–Trinajstić information content (AvgIpc) is 3.25. The maximum atomic E-state index is 10.7. The van der Waals surface area contributed by atoms with Crippen LogP contribution in [0.5, 0.6) is 5.75 Å². The van der Waals surface area contributed by atoms with Crippen LogP contribution in [-0.4, -0.2) is 15.3 Å². The van der Waals surface area contributed by atoms with Crippen LogP contribution in [0.25, 0.3) is 11.3 Å². The zero-order chi connectivity index (χ0) is 19.2. The second-order valence-electron chi connectivity index (χ2n) is 6.70. The molecule has 1 atom stereocenters. The molecule has 3 aromatic carbocycles. The monoisotopic (exact) mass is 370 g/mol. The van der Waals surface area contributed by atoms with Gasteiger partial charge in [0.1, 0.15) is 12.4 Å². The third kappa shape index (κ3) is 4.30. The highest BCUT2D eigenvalue weighted by molar-refractivity contribution is 5.63. The van der Waals surface area contributed by atoms with Crippen molar-refractivity contribution in [3.05, 3.63) is 108 Å². The highest BCUT2D eigenvalue weighted by Gasteiger charge is 2.16. The molecule has 1 unspecified atom stereocenters. The number of nitrogens with zero attached hydrogens (tertiary/aromatic N) is 1. The highest BCUT2D eigenvalue weighted by atomic mass is 16.5. The lowest BCUT2D eigenvalue weighted by Crippen LogP contribution is -2.02. The smallest absolute Gasteiger partial charge is 0.119 e. The second kappa shape index (κ2) is 8.55. The molecule has 4 nitrogen and oxygen atoms in total. The third-order valence-corrected chi connectivity index (χ3v) is 4.69. The summed E-state index contributed by atoms with van der Waals surface area (Å²) in [6.07, 6.45) is 1.58. The van der Waals surface area contributed by atoms with Crippen LogP contribution in [0.3, 0.4) is 0 Å². The summed E-state index contributed by atoms with van der Waals surface area (Å²) < 4.78 is 5.82. The molecular weight excluding hydrogens is 348 g/mol. The molecule has 0 spiro atoms. The summed E-state index contributed by atoms with van der Waals surface area (Å²) in [5.74, 6) is 0.815. The normalized spacial score (nSPS) is 11.9. The van der Waals surface area contributed by atoms with Gasteiger partial charge in [-0.15, -0.1) is 0 Å². The summed E-state index contributed by atoms with van der Waals surface area (Å²) in [4.78, 5) is 0. The van der Waals surface area contributed by atoms with E-state index in [1.165, 1.54) is 0 Å². The number of nitrogens with one attached hydrogen (secondary N) is 1. The molecule has 0 saturated carbocycles. The molecule has 1 heterocycles. The van der Waals surface area contributed by atoms with E-state index >= 15 is 0 Å². The molecule has 0 bridgehead atoms. The molecule has 0 radical (unpaired) electrons. The number of benzene rings is 3. The van der Waals surface area contributed by atoms with Gasteiger partial charge < -0.3 is 9.84 Å². The number of hydrogen-bond acceptors (Lipinski definition) is 3. The summed E-state index contributed by atoms with van der Waals surface area (Å²) in [5.41, 5.74) is 4.85. The molecule has 140 valence electrons. The van der Waals surface area contributed by atoms with Gasteiger partial charge in [0.05, 0.1) is 18.0 Å². The van der Waals surface area contributed by atoms with Crippen LogP contribution in [0.15, 0.2) is 91.1 Å². The number of aliphatic hydroxyl groups is 1. The van der Waals surface area contributed by atoms with E-state index in [4.69, 9.17) is 4.74 Å². The number of hydrogen-bond donors (Lipinski definition) is 2. The fourth-order valence-electron chi connectivity index (χ4n) is 3.18. The molecule has 2 N–H and O–H groups in total. The van der Waals surface area contributed by atoms with Crippen LogP contribution < -0.4 is 4.74 Å². The Morgan fingerprint density at radius 3 is 2.21 bits per heavy atom. The third-order valence-electron chi connectivity index (χ3n) is 4.69. The van der Waals surface area contributed by atoms with Gasteiger partial charge in [-0.05, 0) is 28.8 Å². The molecule has 0 aliphatic rings. The summed E-state index contributed by atoms with van der Waals surface area (Å²) in [6.45, 7) is 0.540. The fourth-order valence-corrected chi connectivity index (χ4v) is 3.18. The minimum atomic E-state index is -0.634. The van der Waals surface area contributed by atoms with Crippen molar-refractivity contribution in [2.45, 2.75) is 19.1 Å². The Morgan fingerprint density at radius 2 is 1.50 bits per heavy atom. The van der Waals surface area contributed by atoms with Crippen LogP contribution in [0.1, 0.15) is 22.8 Å². The maximum Gasteiger partial charge on any atom is 0.119 e. The van der Waals surface area contributed by atoms with E-state index in [1.807, 2.05) is 84.9 Å². The summed E-state index contributed by atoms with van der Waals surface area (Å²) in [6, 6.07) is 27.9. The Morgan fingerprint density at radius 1 is 0.821 bits per heavy atom. The number of H-pyrrole nitrogens is 1. The Hall–Kier alpha value is -3.37. The van der Waals surface area contributed by atoms with E-state index in [0.717, 1.165) is 33.7 Å². The van der Waals surface area contributed by atoms with Crippen molar-refractivity contribution in [1.82, 2.24) is 10.2 Å². The molecule has 0 amide bonds. The van der Waals surface area contributed by atoms with Gasteiger partial charge in [-0.2, -0.15) is 5.10 Å². The number of ether oxygens (including phenoxy) is 1. The first kappa shape index (κ1) is 18.0. The lowest BCUT2D eigenvalue weighted by atomic mass is 9.99. The van der Waals surface area contributed by atoms with Gasteiger partial charge in [-0.25, -0.2) is 0 Å². The van der Waals surface area contributed by atoms with Gasteiger partial charge in [0.25, 0.3) is 0 Å². The van der Waals surface area contributed by atoms with Crippen molar-refractivity contribution < 1.29 is 9.84 Å². The summed E-state index contributed by atoms with van der Waals surface area (Å²) >= 11 is 0. The van der Waals surface area contributed by atoms with Crippen molar-refractivity contribution in [2.75, 3.05) is 0 Å². The fraction of sp³-hybridized carbons (Fsp3) is 0.125. The molecule has 0 saturated heterocycles. The molecule has 4 rings (SSSR count).